The largest absolute Gasteiger partial charge is 0.279 e. The molecule has 1 fully saturated rings. The zero-order valence-electron chi connectivity index (χ0n) is 13.7. The standard InChI is InChI=1S/C23H19N/c1-22-20-15-9-8-12-18(20)16-24-23(22,19-13-6-3-7-14-19)21(22)17-10-4-2-5-11-17/h2-16,21H,1H3/t21-,22+,23-/m1/s1. The molecule has 3 aromatic rings. The Hall–Kier alpha value is -2.67. The number of aliphatic imine (C=N–C) groups is 1. The Kier molecular flexibility index (Phi) is 2.67. The lowest BCUT2D eigenvalue weighted by molar-refractivity contribution is 0.589. The van der Waals surface area contributed by atoms with Crippen LogP contribution < -0.4 is 0 Å². The lowest BCUT2D eigenvalue weighted by Crippen LogP contribution is -2.23. The monoisotopic (exact) mass is 309 g/mol. The summed E-state index contributed by atoms with van der Waals surface area (Å²) in [5.74, 6) is 0.369. The average Bonchev–Trinajstić information content (AvgIpc) is 3.25. The third-order valence-electron chi connectivity index (χ3n) is 5.98. The molecule has 3 atom stereocenters. The highest BCUT2D eigenvalue weighted by Crippen LogP contribution is 2.76. The van der Waals surface area contributed by atoms with Crippen molar-refractivity contribution in [3.8, 4) is 0 Å². The van der Waals surface area contributed by atoms with Crippen LogP contribution in [-0.4, -0.2) is 6.21 Å². The van der Waals surface area contributed by atoms with Crippen LogP contribution in [-0.2, 0) is 11.0 Å². The zero-order chi connectivity index (χ0) is 16.2. The molecule has 1 aliphatic heterocycles. The molecule has 0 radical (unpaired) electrons. The third-order valence-corrected chi connectivity index (χ3v) is 5.98. The van der Waals surface area contributed by atoms with Gasteiger partial charge < -0.3 is 0 Å². The Morgan fingerprint density at radius 3 is 2.12 bits per heavy atom. The number of hydrogen-bond acceptors (Lipinski definition) is 1. The van der Waals surface area contributed by atoms with Crippen LogP contribution in [0, 0.1) is 0 Å². The normalized spacial score (nSPS) is 29.6. The van der Waals surface area contributed by atoms with Crippen LogP contribution in [0.3, 0.4) is 0 Å². The topological polar surface area (TPSA) is 12.4 Å². The molecule has 0 N–H and O–H groups in total. The zero-order valence-corrected chi connectivity index (χ0v) is 13.7. The van der Waals surface area contributed by atoms with Gasteiger partial charge in [0.2, 0.25) is 0 Å². The molecular formula is C23H19N. The smallest absolute Gasteiger partial charge is 0.103 e. The second kappa shape index (κ2) is 4.67. The molecular weight excluding hydrogens is 290 g/mol. The van der Waals surface area contributed by atoms with Gasteiger partial charge in [0.1, 0.15) is 5.54 Å². The minimum atomic E-state index is -0.191. The molecule has 1 saturated carbocycles. The van der Waals surface area contributed by atoms with Crippen molar-refractivity contribution in [1.29, 1.82) is 0 Å². The first-order chi connectivity index (χ1) is 11.8. The summed E-state index contributed by atoms with van der Waals surface area (Å²) in [6, 6.07) is 30.4. The van der Waals surface area contributed by atoms with Gasteiger partial charge in [-0.2, -0.15) is 0 Å². The first-order valence-corrected chi connectivity index (χ1v) is 8.54. The van der Waals surface area contributed by atoms with Crippen molar-refractivity contribution in [3.63, 3.8) is 0 Å². The van der Waals surface area contributed by atoms with Crippen LogP contribution in [0.25, 0.3) is 0 Å². The maximum absolute atomic E-state index is 5.15. The predicted molar refractivity (Wildman–Crippen MR) is 98.7 cm³/mol. The van der Waals surface area contributed by atoms with Gasteiger partial charge in [-0.25, -0.2) is 0 Å². The van der Waals surface area contributed by atoms with Crippen molar-refractivity contribution < 1.29 is 0 Å². The molecule has 1 nitrogen and oxygen atoms in total. The Morgan fingerprint density at radius 2 is 1.38 bits per heavy atom. The Balaban J connectivity index is 1.79. The molecule has 1 heterocycles. The fourth-order valence-electron chi connectivity index (χ4n) is 4.88. The second-order valence-corrected chi connectivity index (χ2v) is 7.02. The van der Waals surface area contributed by atoms with E-state index in [1.807, 2.05) is 0 Å². The number of nitrogens with zero attached hydrogens (tertiary/aromatic N) is 1. The minimum Gasteiger partial charge on any atom is -0.279 e. The molecule has 0 aromatic heterocycles. The first kappa shape index (κ1) is 13.7. The summed E-state index contributed by atoms with van der Waals surface area (Å²) in [4.78, 5) is 5.15. The highest BCUT2D eigenvalue weighted by atomic mass is 15.0. The lowest BCUT2D eigenvalue weighted by atomic mass is 9.84. The van der Waals surface area contributed by atoms with Gasteiger partial charge in [0, 0.05) is 17.5 Å². The molecule has 3 aromatic carbocycles. The summed E-state index contributed by atoms with van der Waals surface area (Å²) < 4.78 is 0. The second-order valence-electron chi connectivity index (χ2n) is 7.02. The molecule has 5 rings (SSSR count). The van der Waals surface area contributed by atoms with E-state index in [0.29, 0.717) is 5.92 Å². The van der Waals surface area contributed by atoms with Gasteiger partial charge in [-0.15, -0.1) is 0 Å². The van der Waals surface area contributed by atoms with Crippen LogP contribution in [0.1, 0.15) is 35.1 Å². The van der Waals surface area contributed by atoms with Crippen molar-refractivity contribution in [2.45, 2.75) is 23.8 Å². The maximum Gasteiger partial charge on any atom is 0.103 e. The van der Waals surface area contributed by atoms with Crippen LogP contribution in [0.15, 0.2) is 89.9 Å². The van der Waals surface area contributed by atoms with Gasteiger partial charge in [-0.1, -0.05) is 91.9 Å². The molecule has 0 bridgehead atoms. The summed E-state index contributed by atoms with van der Waals surface area (Å²) in [7, 11) is 0. The number of hydrogen-bond donors (Lipinski definition) is 0. The quantitative estimate of drug-likeness (QED) is 0.627. The van der Waals surface area contributed by atoms with Crippen molar-refractivity contribution in [1.82, 2.24) is 0 Å². The summed E-state index contributed by atoms with van der Waals surface area (Å²) in [6.45, 7) is 2.38. The molecule has 0 spiro atoms. The van der Waals surface area contributed by atoms with E-state index in [1.165, 1.54) is 22.3 Å². The summed E-state index contributed by atoms with van der Waals surface area (Å²) in [6.07, 6.45) is 2.08. The molecule has 1 heteroatoms. The Morgan fingerprint density at radius 1 is 0.750 bits per heavy atom. The van der Waals surface area contributed by atoms with Gasteiger partial charge in [-0.05, 0) is 22.3 Å². The fraction of sp³-hybridized carbons (Fsp3) is 0.174. The van der Waals surface area contributed by atoms with E-state index in [1.54, 1.807) is 0 Å². The number of rotatable bonds is 2. The molecule has 2 aliphatic rings. The summed E-state index contributed by atoms with van der Waals surface area (Å²) >= 11 is 0. The van der Waals surface area contributed by atoms with Crippen LogP contribution >= 0.6 is 0 Å². The molecule has 0 saturated heterocycles. The molecule has 116 valence electrons. The minimum absolute atomic E-state index is 0.00104. The van der Waals surface area contributed by atoms with E-state index in [2.05, 4.69) is 98.1 Å². The van der Waals surface area contributed by atoms with Crippen molar-refractivity contribution in [3.05, 3.63) is 107 Å². The van der Waals surface area contributed by atoms with Crippen molar-refractivity contribution >= 4 is 6.21 Å². The maximum atomic E-state index is 5.15. The molecule has 1 aliphatic carbocycles. The third kappa shape index (κ3) is 1.52. The Bertz CT molecular complexity index is 929. The van der Waals surface area contributed by atoms with Crippen LogP contribution in [0.4, 0.5) is 0 Å². The molecule has 0 unspecified atom stereocenters. The average molecular weight is 309 g/mol. The van der Waals surface area contributed by atoms with Gasteiger partial charge in [0.05, 0.1) is 0 Å². The van der Waals surface area contributed by atoms with E-state index in [0.717, 1.165) is 0 Å². The predicted octanol–water partition coefficient (Wildman–Crippen LogP) is 5.07. The van der Waals surface area contributed by atoms with Crippen LogP contribution in [0.2, 0.25) is 0 Å². The highest BCUT2D eigenvalue weighted by Gasteiger charge is 2.77. The number of benzene rings is 3. The fourth-order valence-corrected chi connectivity index (χ4v) is 4.88. The van der Waals surface area contributed by atoms with Gasteiger partial charge >= 0.3 is 0 Å². The SMILES string of the molecule is C[C@@]12c3ccccc3C=N[C@]1(c1ccccc1)[C@@H]2c1ccccc1. The number of fused-ring (bicyclic) bond motifs is 3. The van der Waals surface area contributed by atoms with Crippen LogP contribution in [0.5, 0.6) is 0 Å². The van der Waals surface area contributed by atoms with Gasteiger partial charge in [-0.3, -0.25) is 4.99 Å². The van der Waals surface area contributed by atoms with Gasteiger partial charge in [0.25, 0.3) is 0 Å². The Labute approximate surface area is 142 Å². The lowest BCUT2D eigenvalue weighted by Gasteiger charge is -2.25. The molecule has 24 heavy (non-hydrogen) atoms. The first-order valence-electron chi connectivity index (χ1n) is 8.54. The van der Waals surface area contributed by atoms with Crippen molar-refractivity contribution in [2.24, 2.45) is 4.99 Å². The van der Waals surface area contributed by atoms with E-state index in [-0.39, 0.29) is 11.0 Å². The summed E-state index contributed by atoms with van der Waals surface area (Å²) in [5, 5.41) is 0. The van der Waals surface area contributed by atoms with E-state index >= 15 is 0 Å². The van der Waals surface area contributed by atoms with E-state index in [9.17, 15) is 0 Å². The van der Waals surface area contributed by atoms with Crippen molar-refractivity contribution in [2.75, 3.05) is 0 Å². The van der Waals surface area contributed by atoms with E-state index < -0.39 is 0 Å². The molecule has 0 amide bonds. The summed E-state index contributed by atoms with van der Waals surface area (Å²) in [5.41, 5.74) is 5.16. The van der Waals surface area contributed by atoms with E-state index in [4.69, 9.17) is 4.99 Å². The van der Waals surface area contributed by atoms with Gasteiger partial charge in [0.15, 0.2) is 0 Å². The highest BCUT2D eigenvalue weighted by molar-refractivity contribution is 5.88.